The fraction of sp³-hybridized carbons (Fsp3) is 1.00. The molecule has 12 heavy (non-hydrogen) atoms. The minimum Gasteiger partial charge on any atom is -0.380 e. The van der Waals surface area contributed by atoms with Crippen LogP contribution in [-0.4, -0.2) is 18.8 Å². The van der Waals surface area contributed by atoms with E-state index in [4.69, 9.17) is 10.5 Å². The zero-order chi connectivity index (χ0) is 9.03. The Morgan fingerprint density at radius 3 is 2.83 bits per heavy atom. The first kappa shape index (κ1) is 10.0. The molecule has 0 aromatic heterocycles. The van der Waals surface area contributed by atoms with Crippen molar-refractivity contribution in [3.63, 3.8) is 0 Å². The van der Waals surface area contributed by atoms with E-state index in [2.05, 4.69) is 13.8 Å². The van der Waals surface area contributed by atoms with Gasteiger partial charge in [0.05, 0.1) is 6.61 Å². The largest absolute Gasteiger partial charge is 0.380 e. The van der Waals surface area contributed by atoms with Crippen molar-refractivity contribution in [2.45, 2.75) is 45.1 Å². The first-order valence-corrected chi connectivity index (χ1v) is 5.05. The van der Waals surface area contributed by atoms with Gasteiger partial charge in [-0.3, -0.25) is 0 Å². The lowest BCUT2D eigenvalue weighted by atomic mass is 9.79. The van der Waals surface area contributed by atoms with E-state index >= 15 is 0 Å². The van der Waals surface area contributed by atoms with E-state index in [1.54, 1.807) is 0 Å². The van der Waals surface area contributed by atoms with Gasteiger partial charge < -0.3 is 10.5 Å². The second kappa shape index (κ2) is 4.24. The third-order valence-corrected chi connectivity index (χ3v) is 3.00. The van der Waals surface area contributed by atoms with Crippen molar-refractivity contribution >= 4 is 0 Å². The summed E-state index contributed by atoms with van der Waals surface area (Å²) in [6.07, 6.45) is 4.71. The summed E-state index contributed by atoms with van der Waals surface area (Å²) in [5.41, 5.74) is 6.23. The van der Waals surface area contributed by atoms with E-state index < -0.39 is 0 Å². The van der Waals surface area contributed by atoms with Crippen molar-refractivity contribution in [2.24, 2.45) is 11.7 Å². The summed E-state index contributed by atoms with van der Waals surface area (Å²) in [7, 11) is 0. The highest BCUT2D eigenvalue weighted by Gasteiger charge is 2.33. The molecule has 0 spiro atoms. The molecule has 72 valence electrons. The van der Waals surface area contributed by atoms with Crippen molar-refractivity contribution < 1.29 is 4.74 Å². The number of ether oxygens (including phenoxy) is 1. The van der Waals surface area contributed by atoms with Crippen LogP contribution in [0.15, 0.2) is 0 Å². The molecular formula is C10H21NO. The number of rotatable bonds is 3. The van der Waals surface area contributed by atoms with Crippen molar-refractivity contribution in [3.05, 3.63) is 0 Å². The highest BCUT2D eigenvalue weighted by atomic mass is 16.5. The van der Waals surface area contributed by atoms with Gasteiger partial charge in [-0.25, -0.2) is 0 Å². The van der Waals surface area contributed by atoms with Crippen molar-refractivity contribution in [2.75, 3.05) is 13.2 Å². The minimum absolute atomic E-state index is 0.0335. The fourth-order valence-corrected chi connectivity index (χ4v) is 1.95. The van der Waals surface area contributed by atoms with Gasteiger partial charge in [-0.15, -0.1) is 0 Å². The van der Waals surface area contributed by atoms with Gasteiger partial charge in [-0.2, -0.15) is 0 Å². The van der Waals surface area contributed by atoms with E-state index in [1.165, 1.54) is 12.8 Å². The highest BCUT2D eigenvalue weighted by molar-refractivity contribution is 4.90. The lowest BCUT2D eigenvalue weighted by Gasteiger charge is -2.38. The van der Waals surface area contributed by atoms with Crippen molar-refractivity contribution in [1.29, 1.82) is 0 Å². The van der Waals surface area contributed by atoms with Gasteiger partial charge in [-0.05, 0) is 25.2 Å². The Bertz CT molecular complexity index is 130. The second-order valence-electron chi connectivity index (χ2n) is 4.08. The molecule has 1 saturated heterocycles. The molecule has 0 aromatic carbocycles. The van der Waals surface area contributed by atoms with Crippen LogP contribution in [0.5, 0.6) is 0 Å². The third kappa shape index (κ3) is 2.20. The Kier molecular flexibility index (Phi) is 3.53. The average molecular weight is 171 g/mol. The van der Waals surface area contributed by atoms with E-state index in [0.29, 0.717) is 5.92 Å². The van der Waals surface area contributed by atoms with Gasteiger partial charge >= 0.3 is 0 Å². The second-order valence-corrected chi connectivity index (χ2v) is 4.08. The lowest BCUT2D eigenvalue weighted by Crippen LogP contribution is -2.52. The van der Waals surface area contributed by atoms with Gasteiger partial charge in [0.25, 0.3) is 0 Å². The lowest BCUT2D eigenvalue weighted by molar-refractivity contribution is 0.0127. The first-order valence-electron chi connectivity index (χ1n) is 5.05. The Hall–Kier alpha value is -0.0800. The maximum Gasteiger partial charge on any atom is 0.0648 e. The van der Waals surface area contributed by atoms with Gasteiger partial charge in [-0.1, -0.05) is 20.3 Å². The van der Waals surface area contributed by atoms with E-state index in [0.717, 1.165) is 26.1 Å². The Labute approximate surface area is 75.5 Å². The SMILES string of the molecule is CCCC(C)C1(N)CCCOC1. The molecule has 1 aliphatic heterocycles. The summed E-state index contributed by atoms with van der Waals surface area (Å²) in [6, 6.07) is 0. The topological polar surface area (TPSA) is 35.2 Å². The van der Waals surface area contributed by atoms with Crippen molar-refractivity contribution in [3.8, 4) is 0 Å². The van der Waals surface area contributed by atoms with Gasteiger partial charge in [0.15, 0.2) is 0 Å². The van der Waals surface area contributed by atoms with Gasteiger partial charge in [0, 0.05) is 12.1 Å². The summed E-state index contributed by atoms with van der Waals surface area (Å²) >= 11 is 0. The molecule has 0 saturated carbocycles. The molecule has 1 heterocycles. The molecule has 0 aromatic rings. The van der Waals surface area contributed by atoms with Gasteiger partial charge in [0.1, 0.15) is 0 Å². The van der Waals surface area contributed by atoms with Gasteiger partial charge in [0.2, 0.25) is 0 Å². The van der Waals surface area contributed by atoms with Crippen molar-refractivity contribution in [1.82, 2.24) is 0 Å². The predicted octanol–water partition coefficient (Wildman–Crippen LogP) is 1.93. The zero-order valence-electron chi connectivity index (χ0n) is 8.31. The Balaban J connectivity index is 2.44. The van der Waals surface area contributed by atoms with E-state index in [1.807, 2.05) is 0 Å². The maximum atomic E-state index is 6.26. The molecule has 0 bridgehead atoms. The van der Waals surface area contributed by atoms with Crippen LogP contribution < -0.4 is 5.73 Å². The molecule has 2 heteroatoms. The van der Waals surface area contributed by atoms with Crippen LogP contribution in [0, 0.1) is 5.92 Å². The van der Waals surface area contributed by atoms with Crippen LogP contribution in [0.3, 0.4) is 0 Å². The third-order valence-electron chi connectivity index (χ3n) is 3.00. The van der Waals surface area contributed by atoms with Crippen LogP contribution in [0.2, 0.25) is 0 Å². The van der Waals surface area contributed by atoms with Crippen LogP contribution in [0.25, 0.3) is 0 Å². The average Bonchev–Trinajstić information content (AvgIpc) is 2.06. The van der Waals surface area contributed by atoms with Crippen LogP contribution in [0.4, 0.5) is 0 Å². The molecule has 1 rings (SSSR count). The maximum absolute atomic E-state index is 6.26. The standard InChI is InChI=1S/C10H21NO/c1-3-5-9(2)10(11)6-4-7-12-8-10/h9H,3-8,11H2,1-2H3. The number of hydrogen-bond acceptors (Lipinski definition) is 2. The van der Waals surface area contributed by atoms with E-state index in [9.17, 15) is 0 Å². The molecule has 1 fully saturated rings. The molecular weight excluding hydrogens is 150 g/mol. The summed E-state index contributed by atoms with van der Waals surface area (Å²) in [5, 5.41) is 0. The summed E-state index contributed by atoms with van der Waals surface area (Å²) in [5.74, 6) is 0.600. The molecule has 2 atom stereocenters. The predicted molar refractivity (Wildman–Crippen MR) is 51.0 cm³/mol. The zero-order valence-corrected chi connectivity index (χ0v) is 8.31. The monoisotopic (exact) mass is 171 g/mol. The number of nitrogens with two attached hydrogens (primary N) is 1. The summed E-state index contributed by atoms with van der Waals surface area (Å²) in [4.78, 5) is 0. The Morgan fingerprint density at radius 1 is 1.58 bits per heavy atom. The van der Waals surface area contributed by atoms with Crippen LogP contribution in [0.1, 0.15) is 39.5 Å². The number of hydrogen-bond donors (Lipinski definition) is 1. The molecule has 2 nitrogen and oxygen atoms in total. The first-order chi connectivity index (χ1) is 5.69. The molecule has 0 amide bonds. The molecule has 2 N–H and O–H groups in total. The van der Waals surface area contributed by atoms with Crippen LogP contribution in [-0.2, 0) is 4.74 Å². The fourth-order valence-electron chi connectivity index (χ4n) is 1.95. The summed E-state index contributed by atoms with van der Waals surface area (Å²) < 4.78 is 5.43. The quantitative estimate of drug-likeness (QED) is 0.704. The van der Waals surface area contributed by atoms with E-state index in [-0.39, 0.29) is 5.54 Å². The molecule has 0 aliphatic carbocycles. The van der Waals surface area contributed by atoms with Crippen LogP contribution >= 0.6 is 0 Å². The normalized spacial score (nSPS) is 33.2. The Morgan fingerprint density at radius 2 is 2.33 bits per heavy atom. The smallest absolute Gasteiger partial charge is 0.0648 e. The molecule has 2 unspecified atom stereocenters. The highest BCUT2D eigenvalue weighted by Crippen LogP contribution is 2.27. The molecule has 0 radical (unpaired) electrons. The molecule has 1 aliphatic rings. The minimum atomic E-state index is -0.0335. The summed E-state index contributed by atoms with van der Waals surface area (Å²) in [6.45, 7) is 6.12.